The number of carbonyl (C=O) groups is 1. The van der Waals surface area contributed by atoms with Gasteiger partial charge in [-0.15, -0.1) is 12.4 Å². The van der Waals surface area contributed by atoms with Crippen molar-refractivity contribution in [2.75, 3.05) is 0 Å². The number of ketones is 1. The second kappa shape index (κ2) is 36.0. The molecule has 0 aliphatic rings. The summed E-state index contributed by atoms with van der Waals surface area (Å²) in [4.78, 5) is 9.44. The minimum absolute atomic E-state index is 0. The first kappa shape index (κ1) is 54.2. The summed E-state index contributed by atoms with van der Waals surface area (Å²) in [6, 6.07) is 1.88. The van der Waals surface area contributed by atoms with Crippen LogP contribution in [0.2, 0.25) is 0 Å². The van der Waals surface area contributed by atoms with Crippen LogP contribution in [0.25, 0.3) is 0 Å². The van der Waals surface area contributed by atoms with Crippen LogP contribution in [0.3, 0.4) is 0 Å². The summed E-state index contributed by atoms with van der Waals surface area (Å²) in [6.07, 6.45) is 0. The van der Waals surface area contributed by atoms with Gasteiger partial charge in [0.1, 0.15) is 5.78 Å². The molecule has 100 valence electrons. The molecular weight excluding hydrogens is 257 g/mol. The molecule has 0 amide bonds. The predicted molar refractivity (Wildman–Crippen MR) is 66.1 cm³/mol. The Balaban J connectivity index is -0.0000000113. The second-order valence-electron chi connectivity index (χ2n) is 2.74. The van der Waals surface area contributed by atoms with Gasteiger partial charge >= 0.3 is 29.6 Å². The molecule has 0 aromatic rings. The fourth-order valence-electron chi connectivity index (χ4n) is 0. The SMILES string of the molecule is CC(C)(N)C#N.CC(C)=O.Cl.N.N.O.[C-]#N.[Na+]. The van der Waals surface area contributed by atoms with Crippen molar-refractivity contribution >= 4 is 18.2 Å². The van der Waals surface area contributed by atoms with Gasteiger partial charge in [0, 0.05) is 0 Å². The van der Waals surface area contributed by atoms with Crippen molar-refractivity contribution in [3.8, 4) is 6.07 Å². The van der Waals surface area contributed by atoms with Gasteiger partial charge in [0.15, 0.2) is 0 Å². The zero-order valence-electron chi connectivity index (χ0n) is 11.2. The van der Waals surface area contributed by atoms with Crippen LogP contribution >= 0.6 is 12.4 Å². The number of nitrogens with zero attached hydrogens (tertiary/aromatic N) is 2. The fourth-order valence-corrected chi connectivity index (χ4v) is 0. The molecule has 17 heavy (non-hydrogen) atoms. The Morgan fingerprint density at radius 3 is 1.29 bits per heavy atom. The first-order valence-electron chi connectivity index (χ1n) is 3.19. The quantitative estimate of drug-likeness (QED) is 0.334. The summed E-state index contributed by atoms with van der Waals surface area (Å²) in [7, 11) is 0. The molecule has 0 unspecified atom stereocenters. The molecule has 0 rings (SSSR count). The molecule has 0 spiro atoms. The van der Waals surface area contributed by atoms with Gasteiger partial charge < -0.3 is 40.1 Å². The number of hydrogen-bond acceptors (Lipinski definition) is 6. The van der Waals surface area contributed by atoms with Gasteiger partial charge in [-0.1, -0.05) is 0 Å². The van der Waals surface area contributed by atoms with E-state index in [2.05, 4.69) is 0 Å². The second-order valence-corrected chi connectivity index (χ2v) is 2.74. The molecule has 0 atom stereocenters. The Hall–Kier alpha value is -0.220. The Morgan fingerprint density at radius 2 is 1.29 bits per heavy atom. The standard InChI is InChI=1S/C4H8N2.C3H6O.CN.ClH.2H3N.Na.H2O/c1-4(2,6)3-5;1-3(2)4;1-2;;;;;/h6H2,1-2H3;1-2H3;;1H;2*1H3;;1H2/q;;-1;;;;+1;. The average molecular weight is 280 g/mol. The van der Waals surface area contributed by atoms with Gasteiger partial charge in [0.2, 0.25) is 0 Å². The van der Waals surface area contributed by atoms with E-state index in [9.17, 15) is 4.79 Å². The van der Waals surface area contributed by atoms with Gasteiger partial charge in [-0.3, -0.25) is 0 Å². The molecule has 0 aromatic heterocycles. The summed E-state index contributed by atoms with van der Waals surface area (Å²) in [5.74, 6) is 0.167. The Bertz CT molecular complexity index is 185. The molecule has 0 fully saturated rings. The molecule has 0 heterocycles. The number of Topliss-reactive ketones (excluding diaryl/α,β-unsaturated/α-hetero) is 1. The third-order valence-corrected chi connectivity index (χ3v) is 0.288. The van der Waals surface area contributed by atoms with Crippen molar-refractivity contribution < 1.29 is 39.8 Å². The van der Waals surface area contributed by atoms with Gasteiger partial charge in [-0.05, 0) is 27.7 Å². The number of carbonyl (C=O) groups excluding carboxylic acids is 1. The number of hydrogen-bond donors (Lipinski definition) is 3. The molecule has 0 bridgehead atoms. The molecule has 9 heteroatoms. The van der Waals surface area contributed by atoms with E-state index in [1.165, 1.54) is 13.8 Å². The molecule has 0 aliphatic carbocycles. The Kier molecular flexibility index (Phi) is 115. The third kappa shape index (κ3) is 388. The van der Waals surface area contributed by atoms with Crippen molar-refractivity contribution in [1.82, 2.24) is 12.3 Å². The Morgan fingerprint density at radius 1 is 1.24 bits per heavy atom. The molecule has 0 radical (unpaired) electrons. The normalized spacial score (nSPS) is 5.29. The van der Waals surface area contributed by atoms with Crippen molar-refractivity contribution in [2.45, 2.75) is 33.2 Å². The average Bonchev–Trinajstić information content (AvgIpc) is 1.90. The van der Waals surface area contributed by atoms with E-state index in [0.717, 1.165) is 0 Å². The number of nitriles is 1. The molecular formula is C8H23ClN5NaO2. The van der Waals surface area contributed by atoms with Gasteiger partial charge in [0.25, 0.3) is 0 Å². The van der Waals surface area contributed by atoms with Crippen LogP contribution in [0.15, 0.2) is 0 Å². The summed E-state index contributed by atoms with van der Waals surface area (Å²) in [6.45, 7) is 11.1. The molecule has 7 nitrogen and oxygen atoms in total. The first-order valence-corrected chi connectivity index (χ1v) is 3.19. The maximum absolute atomic E-state index is 9.44. The van der Waals surface area contributed by atoms with Crippen molar-refractivity contribution in [2.24, 2.45) is 5.73 Å². The van der Waals surface area contributed by atoms with Gasteiger partial charge in [-0.25, -0.2) is 0 Å². The van der Waals surface area contributed by atoms with E-state index in [1.54, 1.807) is 13.8 Å². The van der Waals surface area contributed by atoms with E-state index < -0.39 is 5.54 Å². The molecule has 0 aromatic carbocycles. The maximum atomic E-state index is 9.44. The largest absolute Gasteiger partial charge is 1.00 e. The molecule has 10 N–H and O–H groups in total. The summed E-state index contributed by atoms with van der Waals surface area (Å²) < 4.78 is 0. The van der Waals surface area contributed by atoms with Crippen molar-refractivity contribution in [3.63, 3.8) is 0 Å². The van der Waals surface area contributed by atoms with Crippen LogP contribution in [0.4, 0.5) is 0 Å². The maximum Gasteiger partial charge on any atom is 1.00 e. The van der Waals surface area contributed by atoms with Crippen molar-refractivity contribution in [3.05, 3.63) is 6.57 Å². The molecule has 0 aliphatic heterocycles. The van der Waals surface area contributed by atoms with Crippen molar-refractivity contribution in [1.29, 1.82) is 10.5 Å². The van der Waals surface area contributed by atoms with Crippen LogP contribution in [-0.2, 0) is 4.79 Å². The van der Waals surface area contributed by atoms with E-state index in [4.69, 9.17) is 22.8 Å². The van der Waals surface area contributed by atoms with Crippen LogP contribution in [-0.4, -0.2) is 16.8 Å². The minimum Gasteiger partial charge on any atom is -0.512 e. The van der Waals surface area contributed by atoms with Crippen LogP contribution < -0.4 is 47.6 Å². The first-order chi connectivity index (χ1) is 5.29. The van der Waals surface area contributed by atoms with Crippen LogP contribution in [0.1, 0.15) is 27.7 Å². The third-order valence-electron chi connectivity index (χ3n) is 0.288. The molecule has 0 saturated heterocycles. The molecule has 0 saturated carbocycles. The summed E-state index contributed by atoms with van der Waals surface area (Å²) in [5, 5.41) is 14.3. The van der Waals surface area contributed by atoms with E-state index >= 15 is 0 Å². The minimum atomic E-state index is -0.653. The topological polar surface area (TPSA) is 192 Å². The predicted octanol–water partition coefficient (Wildman–Crippen LogP) is -2.14. The smallest absolute Gasteiger partial charge is 0.512 e. The van der Waals surface area contributed by atoms with E-state index in [0.29, 0.717) is 0 Å². The fraction of sp³-hybridized carbons (Fsp3) is 0.625. The van der Waals surface area contributed by atoms with Gasteiger partial charge in [-0.2, -0.15) is 5.26 Å². The van der Waals surface area contributed by atoms with E-state index in [-0.39, 0.29) is 65.5 Å². The Labute approximate surface area is 132 Å². The zero-order chi connectivity index (χ0) is 10.8. The summed E-state index contributed by atoms with van der Waals surface area (Å²) in [5.41, 5.74) is 4.52. The van der Waals surface area contributed by atoms with Gasteiger partial charge in [0.05, 0.1) is 11.6 Å². The van der Waals surface area contributed by atoms with Crippen LogP contribution in [0.5, 0.6) is 0 Å². The van der Waals surface area contributed by atoms with Crippen LogP contribution in [0, 0.1) is 23.2 Å². The zero-order valence-corrected chi connectivity index (χ0v) is 14.0. The number of nitrogens with two attached hydrogens (primary N) is 1. The number of rotatable bonds is 0. The monoisotopic (exact) mass is 279 g/mol. The van der Waals surface area contributed by atoms with E-state index in [1.807, 2.05) is 6.07 Å². The summed E-state index contributed by atoms with van der Waals surface area (Å²) >= 11 is 0. The number of halogens is 1.